The molecule has 0 radical (unpaired) electrons. The van der Waals surface area contributed by atoms with Crippen molar-refractivity contribution in [1.82, 2.24) is 9.97 Å². The minimum Gasteiger partial charge on any atom is -0.380 e. The highest BCUT2D eigenvalue weighted by Crippen LogP contribution is 2.19. The number of amides is 1. The molecule has 0 saturated heterocycles. The minimum atomic E-state index is -0.175. The van der Waals surface area contributed by atoms with E-state index in [1.54, 1.807) is 30.9 Å². The third-order valence-electron chi connectivity index (χ3n) is 4.07. The van der Waals surface area contributed by atoms with Crippen LogP contribution in [0.15, 0.2) is 61.2 Å². The molecule has 0 aliphatic carbocycles. The molecular formula is C20H20N4O. The maximum atomic E-state index is 12.5. The molecule has 1 amide bonds. The topological polar surface area (TPSA) is 66.9 Å². The normalized spacial score (nSPS) is 10.3. The molecule has 2 heterocycles. The van der Waals surface area contributed by atoms with Gasteiger partial charge in [-0.25, -0.2) is 0 Å². The summed E-state index contributed by atoms with van der Waals surface area (Å²) in [7, 11) is 0. The van der Waals surface area contributed by atoms with E-state index in [9.17, 15) is 4.79 Å². The summed E-state index contributed by atoms with van der Waals surface area (Å²) < 4.78 is 0. The van der Waals surface area contributed by atoms with Crippen LogP contribution in [0, 0.1) is 13.8 Å². The van der Waals surface area contributed by atoms with Gasteiger partial charge in [-0.2, -0.15) is 0 Å². The average molecular weight is 332 g/mol. The Morgan fingerprint density at radius 2 is 1.92 bits per heavy atom. The van der Waals surface area contributed by atoms with Gasteiger partial charge < -0.3 is 10.6 Å². The van der Waals surface area contributed by atoms with Gasteiger partial charge in [0.05, 0.1) is 11.3 Å². The van der Waals surface area contributed by atoms with Crippen LogP contribution in [0.3, 0.4) is 0 Å². The van der Waals surface area contributed by atoms with Crippen LogP contribution < -0.4 is 10.6 Å². The molecule has 126 valence electrons. The lowest BCUT2D eigenvalue weighted by Crippen LogP contribution is -2.14. The summed E-state index contributed by atoms with van der Waals surface area (Å²) in [5.41, 5.74) is 5.39. The molecule has 2 N–H and O–H groups in total. The minimum absolute atomic E-state index is 0.175. The smallest absolute Gasteiger partial charge is 0.257 e. The van der Waals surface area contributed by atoms with Crippen molar-refractivity contribution < 1.29 is 4.79 Å². The van der Waals surface area contributed by atoms with Gasteiger partial charge in [0.2, 0.25) is 0 Å². The standard InChI is InChI=1S/C20H20N4O/c1-14-5-3-7-19(15(14)2)24-20(25)17-9-18(13-22-12-17)23-11-16-6-4-8-21-10-16/h3-10,12-13,23H,11H2,1-2H3,(H,24,25). The highest BCUT2D eigenvalue weighted by atomic mass is 16.1. The van der Waals surface area contributed by atoms with E-state index in [2.05, 4.69) is 20.6 Å². The predicted octanol–water partition coefficient (Wildman–Crippen LogP) is 3.96. The Morgan fingerprint density at radius 1 is 1.04 bits per heavy atom. The van der Waals surface area contributed by atoms with E-state index in [-0.39, 0.29) is 5.91 Å². The van der Waals surface area contributed by atoms with E-state index < -0.39 is 0 Å². The fraction of sp³-hybridized carbons (Fsp3) is 0.150. The molecule has 3 aromatic rings. The highest BCUT2D eigenvalue weighted by Gasteiger charge is 2.10. The lowest BCUT2D eigenvalue weighted by molar-refractivity contribution is 0.102. The first-order chi connectivity index (χ1) is 12.1. The zero-order chi connectivity index (χ0) is 17.6. The van der Waals surface area contributed by atoms with Crippen LogP contribution in [0.5, 0.6) is 0 Å². The molecule has 5 heteroatoms. The van der Waals surface area contributed by atoms with Crippen LogP contribution in [0.25, 0.3) is 0 Å². The number of anilines is 2. The number of rotatable bonds is 5. The zero-order valence-electron chi connectivity index (χ0n) is 14.3. The van der Waals surface area contributed by atoms with E-state index in [0.29, 0.717) is 12.1 Å². The Hall–Kier alpha value is -3.21. The lowest BCUT2D eigenvalue weighted by atomic mass is 10.1. The molecule has 3 rings (SSSR count). The number of aromatic nitrogens is 2. The van der Waals surface area contributed by atoms with Crippen LogP contribution in [-0.4, -0.2) is 15.9 Å². The van der Waals surface area contributed by atoms with Crippen molar-refractivity contribution in [2.45, 2.75) is 20.4 Å². The van der Waals surface area contributed by atoms with E-state index in [0.717, 1.165) is 28.1 Å². The maximum Gasteiger partial charge on any atom is 0.257 e. The average Bonchev–Trinajstić information content (AvgIpc) is 2.65. The summed E-state index contributed by atoms with van der Waals surface area (Å²) in [6, 6.07) is 11.5. The zero-order valence-corrected chi connectivity index (χ0v) is 14.3. The van der Waals surface area contributed by atoms with Crippen LogP contribution in [0.4, 0.5) is 11.4 Å². The van der Waals surface area contributed by atoms with Gasteiger partial charge in [0.15, 0.2) is 0 Å². The van der Waals surface area contributed by atoms with Crippen molar-refractivity contribution in [1.29, 1.82) is 0 Å². The van der Waals surface area contributed by atoms with Gasteiger partial charge in [-0.3, -0.25) is 14.8 Å². The van der Waals surface area contributed by atoms with Crippen molar-refractivity contribution in [3.63, 3.8) is 0 Å². The Morgan fingerprint density at radius 3 is 2.72 bits per heavy atom. The Kier molecular flexibility index (Phi) is 5.04. The van der Waals surface area contributed by atoms with Gasteiger partial charge >= 0.3 is 0 Å². The molecule has 2 aromatic heterocycles. The SMILES string of the molecule is Cc1cccc(NC(=O)c2cncc(NCc3cccnc3)c2)c1C. The molecule has 25 heavy (non-hydrogen) atoms. The highest BCUT2D eigenvalue weighted by molar-refractivity contribution is 6.05. The van der Waals surface area contributed by atoms with Crippen LogP contribution in [-0.2, 0) is 6.54 Å². The van der Waals surface area contributed by atoms with Crippen molar-refractivity contribution in [2.75, 3.05) is 10.6 Å². The molecule has 0 spiro atoms. The van der Waals surface area contributed by atoms with Crippen LogP contribution in [0.1, 0.15) is 27.0 Å². The second kappa shape index (κ2) is 7.57. The van der Waals surface area contributed by atoms with E-state index in [4.69, 9.17) is 0 Å². The number of carbonyl (C=O) groups excluding carboxylic acids is 1. The molecule has 0 aliphatic rings. The van der Waals surface area contributed by atoms with Gasteiger partial charge in [0, 0.05) is 37.0 Å². The number of pyridine rings is 2. The summed E-state index contributed by atoms with van der Waals surface area (Å²) >= 11 is 0. The molecule has 0 saturated carbocycles. The second-order valence-corrected chi connectivity index (χ2v) is 5.88. The van der Waals surface area contributed by atoms with Crippen molar-refractivity contribution >= 4 is 17.3 Å². The molecule has 1 aromatic carbocycles. The summed E-state index contributed by atoms with van der Waals surface area (Å²) in [4.78, 5) is 20.8. The number of hydrogen-bond acceptors (Lipinski definition) is 4. The van der Waals surface area contributed by atoms with E-state index in [1.807, 2.05) is 44.2 Å². The van der Waals surface area contributed by atoms with Gasteiger partial charge in [-0.1, -0.05) is 18.2 Å². The summed E-state index contributed by atoms with van der Waals surface area (Å²) in [6.45, 7) is 4.64. The van der Waals surface area contributed by atoms with Gasteiger partial charge in [-0.05, 0) is 48.7 Å². The molecule has 0 atom stereocenters. The molecule has 5 nitrogen and oxygen atoms in total. The number of carbonyl (C=O) groups is 1. The van der Waals surface area contributed by atoms with Crippen LogP contribution >= 0.6 is 0 Å². The number of aryl methyl sites for hydroxylation is 1. The Labute approximate surface area is 147 Å². The largest absolute Gasteiger partial charge is 0.380 e. The summed E-state index contributed by atoms with van der Waals surface area (Å²) in [6.07, 6.45) is 6.81. The first-order valence-corrected chi connectivity index (χ1v) is 8.09. The summed E-state index contributed by atoms with van der Waals surface area (Å²) in [5, 5.41) is 6.21. The third-order valence-corrected chi connectivity index (χ3v) is 4.07. The van der Waals surface area contributed by atoms with Gasteiger partial charge in [0.25, 0.3) is 5.91 Å². The summed E-state index contributed by atoms with van der Waals surface area (Å²) in [5.74, 6) is -0.175. The molecular weight excluding hydrogens is 312 g/mol. The molecule has 0 fully saturated rings. The number of hydrogen-bond donors (Lipinski definition) is 2. The van der Waals surface area contributed by atoms with Crippen molar-refractivity contribution in [3.8, 4) is 0 Å². The second-order valence-electron chi connectivity index (χ2n) is 5.88. The first-order valence-electron chi connectivity index (χ1n) is 8.09. The van der Waals surface area contributed by atoms with Gasteiger partial charge in [-0.15, -0.1) is 0 Å². The molecule has 0 unspecified atom stereocenters. The van der Waals surface area contributed by atoms with Gasteiger partial charge in [0.1, 0.15) is 0 Å². The number of benzene rings is 1. The van der Waals surface area contributed by atoms with Crippen LogP contribution in [0.2, 0.25) is 0 Å². The monoisotopic (exact) mass is 332 g/mol. The molecule has 0 aliphatic heterocycles. The maximum absolute atomic E-state index is 12.5. The van der Waals surface area contributed by atoms with E-state index >= 15 is 0 Å². The predicted molar refractivity (Wildman–Crippen MR) is 99.7 cm³/mol. The fourth-order valence-corrected chi connectivity index (χ4v) is 2.45. The first kappa shape index (κ1) is 16.6. The van der Waals surface area contributed by atoms with Crippen molar-refractivity contribution in [3.05, 3.63) is 83.4 Å². The van der Waals surface area contributed by atoms with Crippen molar-refractivity contribution in [2.24, 2.45) is 0 Å². The Bertz CT molecular complexity index is 878. The van der Waals surface area contributed by atoms with E-state index in [1.165, 1.54) is 0 Å². The third kappa shape index (κ3) is 4.20. The molecule has 0 bridgehead atoms. The number of nitrogens with zero attached hydrogens (tertiary/aromatic N) is 2. The number of nitrogens with one attached hydrogen (secondary N) is 2. The Balaban J connectivity index is 1.70. The quantitative estimate of drug-likeness (QED) is 0.742. The fourth-order valence-electron chi connectivity index (χ4n) is 2.45. The lowest BCUT2D eigenvalue weighted by Gasteiger charge is -2.11.